The molecular formula is C18H26N4O2. The number of ether oxygens (including phenoxy) is 1. The number of piperidine rings is 1. The highest BCUT2D eigenvalue weighted by molar-refractivity contribution is 5.94. The molecule has 24 heavy (non-hydrogen) atoms. The molecule has 3 N–H and O–H groups in total. The molecule has 0 aliphatic carbocycles. The van der Waals surface area contributed by atoms with Crippen molar-refractivity contribution < 1.29 is 9.53 Å². The van der Waals surface area contributed by atoms with Crippen LogP contribution in [0, 0.1) is 0 Å². The van der Waals surface area contributed by atoms with Gasteiger partial charge in [0.15, 0.2) is 0 Å². The van der Waals surface area contributed by atoms with Gasteiger partial charge in [-0.2, -0.15) is 0 Å². The van der Waals surface area contributed by atoms with Crippen molar-refractivity contribution in [2.75, 3.05) is 26.7 Å². The summed E-state index contributed by atoms with van der Waals surface area (Å²) >= 11 is 0. The summed E-state index contributed by atoms with van der Waals surface area (Å²) in [6.07, 6.45) is 4.35. The van der Waals surface area contributed by atoms with E-state index in [0.717, 1.165) is 31.7 Å². The van der Waals surface area contributed by atoms with Gasteiger partial charge in [-0.3, -0.25) is 4.79 Å². The molecule has 2 aliphatic heterocycles. The van der Waals surface area contributed by atoms with Crippen LogP contribution in [0.25, 0.3) is 0 Å². The van der Waals surface area contributed by atoms with E-state index in [1.54, 1.807) is 0 Å². The SMILES string of the molecule is CC1=CN(C)NC1CNC(=O)c1ccc(OC2CCNCC2)cc1. The van der Waals surface area contributed by atoms with Crippen molar-refractivity contribution in [3.63, 3.8) is 0 Å². The van der Waals surface area contributed by atoms with E-state index in [0.29, 0.717) is 12.1 Å². The summed E-state index contributed by atoms with van der Waals surface area (Å²) in [4.78, 5) is 12.3. The highest BCUT2D eigenvalue weighted by Crippen LogP contribution is 2.17. The maximum Gasteiger partial charge on any atom is 0.251 e. The van der Waals surface area contributed by atoms with Crippen LogP contribution in [-0.2, 0) is 0 Å². The van der Waals surface area contributed by atoms with Crippen molar-refractivity contribution >= 4 is 5.91 Å². The molecule has 0 spiro atoms. The van der Waals surface area contributed by atoms with E-state index in [9.17, 15) is 4.79 Å². The Morgan fingerprint density at radius 1 is 1.29 bits per heavy atom. The largest absolute Gasteiger partial charge is 0.490 e. The van der Waals surface area contributed by atoms with Gasteiger partial charge < -0.3 is 20.4 Å². The van der Waals surface area contributed by atoms with Crippen molar-refractivity contribution in [1.29, 1.82) is 0 Å². The molecule has 1 saturated heterocycles. The molecule has 3 rings (SSSR count). The van der Waals surface area contributed by atoms with Crippen molar-refractivity contribution in [3.8, 4) is 5.75 Å². The number of rotatable bonds is 5. The molecule has 1 unspecified atom stereocenters. The first-order valence-corrected chi connectivity index (χ1v) is 8.55. The molecule has 0 bridgehead atoms. The maximum absolute atomic E-state index is 12.3. The van der Waals surface area contributed by atoms with Crippen LogP contribution in [0.15, 0.2) is 36.0 Å². The first-order valence-electron chi connectivity index (χ1n) is 8.55. The summed E-state index contributed by atoms with van der Waals surface area (Å²) in [5.74, 6) is 0.767. The number of carbonyl (C=O) groups is 1. The number of carbonyl (C=O) groups excluding carboxylic acids is 1. The smallest absolute Gasteiger partial charge is 0.251 e. The molecule has 1 aromatic carbocycles. The molecule has 0 saturated carbocycles. The Morgan fingerprint density at radius 3 is 2.62 bits per heavy atom. The van der Waals surface area contributed by atoms with Crippen LogP contribution in [0.2, 0.25) is 0 Å². The zero-order valence-corrected chi connectivity index (χ0v) is 14.3. The van der Waals surface area contributed by atoms with E-state index >= 15 is 0 Å². The normalized spacial score (nSPS) is 21.5. The van der Waals surface area contributed by atoms with Gasteiger partial charge in [-0.25, -0.2) is 5.43 Å². The van der Waals surface area contributed by atoms with Gasteiger partial charge in [-0.05, 0) is 62.7 Å². The van der Waals surface area contributed by atoms with Crippen molar-refractivity contribution in [3.05, 3.63) is 41.6 Å². The van der Waals surface area contributed by atoms with E-state index < -0.39 is 0 Å². The lowest BCUT2D eigenvalue weighted by atomic mass is 10.1. The summed E-state index contributed by atoms with van der Waals surface area (Å²) in [6.45, 7) is 4.63. The van der Waals surface area contributed by atoms with E-state index in [1.165, 1.54) is 5.57 Å². The number of nitrogens with zero attached hydrogens (tertiary/aromatic N) is 1. The van der Waals surface area contributed by atoms with Crippen LogP contribution in [0.3, 0.4) is 0 Å². The summed E-state index contributed by atoms with van der Waals surface area (Å²) in [5, 5.41) is 8.21. The minimum absolute atomic E-state index is 0.0624. The molecule has 6 heteroatoms. The van der Waals surface area contributed by atoms with Gasteiger partial charge in [0, 0.05) is 25.4 Å². The highest BCUT2D eigenvalue weighted by Gasteiger charge is 2.19. The second-order valence-corrected chi connectivity index (χ2v) is 6.47. The first kappa shape index (κ1) is 16.8. The van der Waals surface area contributed by atoms with Crippen molar-refractivity contribution in [1.82, 2.24) is 21.1 Å². The average Bonchev–Trinajstić information content (AvgIpc) is 2.92. The second-order valence-electron chi connectivity index (χ2n) is 6.47. The molecular weight excluding hydrogens is 304 g/mol. The maximum atomic E-state index is 12.3. The standard InChI is InChI=1S/C18H26N4O2/c1-13-12-22(2)21-17(13)11-20-18(23)14-3-5-15(6-4-14)24-16-7-9-19-10-8-16/h3-6,12,16-17,19,21H,7-11H2,1-2H3,(H,20,23). The Labute approximate surface area is 143 Å². The fraction of sp³-hybridized carbons (Fsp3) is 0.500. The van der Waals surface area contributed by atoms with Crippen LogP contribution < -0.4 is 20.8 Å². The predicted octanol–water partition coefficient (Wildman–Crippen LogP) is 1.27. The van der Waals surface area contributed by atoms with E-state index in [-0.39, 0.29) is 18.1 Å². The molecule has 2 heterocycles. The summed E-state index contributed by atoms with van der Waals surface area (Å²) < 4.78 is 5.96. The molecule has 1 fully saturated rings. The summed E-state index contributed by atoms with van der Waals surface area (Å²) in [6, 6.07) is 7.56. The topological polar surface area (TPSA) is 65.6 Å². The van der Waals surface area contributed by atoms with Crippen LogP contribution in [-0.4, -0.2) is 49.7 Å². The van der Waals surface area contributed by atoms with Crippen molar-refractivity contribution in [2.45, 2.75) is 31.9 Å². The lowest BCUT2D eigenvalue weighted by molar-refractivity contribution is 0.0949. The molecule has 1 amide bonds. The third-order valence-corrected chi connectivity index (χ3v) is 4.48. The number of hydrogen-bond donors (Lipinski definition) is 3. The van der Waals surface area contributed by atoms with Gasteiger partial charge in [0.05, 0.1) is 6.04 Å². The van der Waals surface area contributed by atoms with Crippen molar-refractivity contribution in [2.24, 2.45) is 0 Å². The number of hydrogen-bond acceptors (Lipinski definition) is 5. The molecule has 6 nitrogen and oxygen atoms in total. The summed E-state index contributed by atoms with van der Waals surface area (Å²) in [7, 11) is 1.95. The number of benzene rings is 1. The molecule has 1 atom stereocenters. The van der Waals surface area contributed by atoms with Gasteiger partial charge >= 0.3 is 0 Å². The molecule has 2 aliphatic rings. The van der Waals surface area contributed by atoms with Gasteiger partial charge in [0.1, 0.15) is 11.9 Å². The zero-order chi connectivity index (χ0) is 16.9. The Bertz CT molecular complexity index is 594. The minimum atomic E-state index is -0.0624. The van der Waals surface area contributed by atoms with Gasteiger partial charge in [0.2, 0.25) is 0 Å². The highest BCUT2D eigenvalue weighted by atomic mass is 16.5. The van der Waals surface area contributed by atoms with E-state index in [4.69, 9.17) is 4.74 Å². The fourth-order valence-corrected chi connectivity index (χ4v) is 3.07. The Morgan fingerprint density at radius 2 is 2.00 bits per heavy atom. The monoisotopic (exact) mass is 330 g/mol. The van der Waals surface area contributed by atoms with Gasteiger partial charge in [-0.1, -0.05) is 0 Å². The fourth-order valence-electron chi connectivity index (χ4n) is 3.07. The average molecular weight is 330 g/mol. The van der Waals surface area contributed by atoms with E-state index in [2.05, 4.69) is 23.0 Å². The van der Waals surface area contributed by atoms with Crippen LogP contribution >= 0.6 is 0 Å². The first-order chi connectivity index (χ1) is 11.6. The van der Waals surface area contributed by atoms with Gasteiger partial charge in [0.25, 0.3) is 5.91 Å². The third-order valence-electron chi connectivity index (χ3n) is 4.48. The number of nitrogens with one attached hydrogen (secondary N) is 3. The van der Waals surface area contributed by atoms with E-state index in [1.807, 2.05) is 42.5 Å². The summed E-state index contributed by atoms with van der Waals surface area (Å²) in [5.41, 5.74) is 5.13. The molecule has 0 radical (unpaired) electrons. The second kappa shape index (κ2) is 7.68. The Balaban J connectivity index is 1.49. The lowest BCUT2D eigenvalue weighted by Gasteiger charge is -2.23. The zero-order valence-electron chi connectivity index (χ0n) is 14.3. The minimum Gasteiger partial charge on any atom is -0.490 e. The molecule has 130 valence electrons. The van der Waals surface area contributed by atoms with Crippen LogP contribution in [0.5, 0.6) is 5.75 Å². The van der Waals surface area contributed by atoms with Crippen LogP contribution in [0.4, 0.5) is 0 Å². The third kappa shape index (κ3) is 4.27. The predicted molar refractivity (Wildman–Crippen MR) is 93.7 cm³/mol. The van der Waals surface area contributed by atoms with Gasteiger partial charge in [-0.15, -0.1) is 0 Å². The number of amides is 1. The Kier molecular flexibility index (Phi) is 5.37. The number of hydrazine groups is 1. The van der Waals surface area contributed by atoms with Crippen LogP contribution in [0.1, 0.15) is 30.1 Å². The molecule has 0 aromatic heterocycles. The Hall–Kier alpha value is -2.05. The quantitative estimate of drug-likeness (QED) is 0.759. The molecule has 1 aromatic rings. The lowest BCUT2D eigenvalue weighted by Crippen LogP contribution is -2.42.